The van der Waals surface area contributed by atoms with Crippen LogP contribution in [0.2, 0.25) is 0 Å². The summed E-state index contributed by atoms with van der Waals surface area (Å²) in [5.74, 6) is 0.508. The predicted octanol–water partition coefficient (Wildman–Crippen LogP) is 3.06. The number of rotatable bonds is 9. The van der Waals surface area contributed by atoms with Crippen molar-refractivity contribution in [3.63, 3.8) is 0 Å². The molecule has 0 amide bonds. The minimum absolute atomic E-state index is 0. The van der Waals surface area contributed by atoms with E-state index >= 15 is 0 Å². The Hall–Kier alpha value is -1.67. The maximum absolute atomic E-state index is 5.93. The van der Waals surface area contributed by atoms with Gasteiger partial charge in [-0.3, -0.25) is 14.9 Å². The molecule has 2 aromatic rings. The number of hydrogen-bond donors (Lipinski definition) is 2. The van der Waals surface area contributed by atoms with Gasteiger partial charge in [-0.25, -0.2) is 0 Å². The number of nitrogens with zero attached hydrogens (tertiary/aromatic N) is 3. The average molecular weight is 467 g/mol. The smallest absolute Gasteiger partial charge is 0.188 e. The molecule has 1 aromatic carbocycles. The Labute approximate surface area is 174 Å². The van der Waals surface area contributed by atoms with E-state index in [-0.39, 0.29) is 24.0 Å². The summed E-state index contributed by atoms with van der Waals surface area (Å²) in [4.78, 5) is 11.1. The van der Waals surface area contributed by atoms with E-state index in [4.69, 9.17) is 5.73 Å². The fourth-order valence-electron chi connectivity index (χ4n) is 2.54. The topological polar surface area (TPSA) is 66.5 Å². The third kappa shape index (κ3) is 8.62. The Morgan fingerprint density at radius 3 is 2.62 bits per heavy atom. The van der Waals surface area contributed by atoms with Crippen LogP contribution >= 0.6 is 24.0 Å². The normalized spacial score (nSPS) is 12.5. The number of aliphatic imine (C=N–C) groups is 1. The summed E-state index contributed by atoms with van der Waals surface area (Å²) in [6.07, 6.45) is 3.62. The van der Waals surface area contributed by atoms with E-state index in [1.54, 1.807) is 6.20 Å². The molecule has 142 valence electrons. The molecule has 0 aliphatic carbocycles. The average Bonchev–Trinajstić information content (AvgIpc) is 2.63. The van der Waals surface area contributed by atoms with Gasteiger partial charge in [-0.15, -0.1) is 24.0 Å². The molecule has 0 bridgehead atoms. The number of nitrogens with one attached hydrogen (secondary N) is 1. The van der Waals surface area contributed by atoms with E-state index in [2.05, 4.69) is 58.4 Å². The van der Waals surface area contributed by atoms with Gasteiger partial charge in [0.05, 0.1) is 0 Å². The SMILES string of the molecule is CC(CCN=C(N)NCCc1ccccn1)N(C)Cc1ccccc1.I. The number of benzene rings is 1. The van der Waals surface area contributed by atoms with Crippen LogP contribution < -0.4 is 11.1 Å². The molecule has 0 saturated carbocycles. The van der Waals surface area contributed by atoms with Crippen LogP contribution in [0.3, 0.4) is 0 Å². The van der Waals surface area contributed by atoms with Crippen molar-refractivity contribution in [1.82, 2.24) is 15.2 Å². The van der Waals surface area contributed by atoms with Crippen LogP contribution in [0.25, 0.3) is 0 Å². The largest absolute Gasteiger partial charge is 0.370 e. The fourth-order valence-corrected chi connectivity index (χ4v) is 2.54. The summed E-state index contributed by atoms with van der Waals surface area (Å²) in [6, 6.07) is 16.9. The lowest BCUT2D eigenvalue weighted by atomic mass is 10.1. The fraction of sp³-hybridized carbons (Fsp3) is 0.400. The molecular weight excluding hydrogens is 437 g/mol. The molecule has 2 rings (SSSR count). The quantitative estimate of drug-likeness (QED) is 0.338. The van der Waals surface area contributed by atoms with Gasteiger partial charge in [0, 0.05) is 44.0 Å². The van der Waals surface area contributed by atoms with E-state index in [0.717, 1.165) is 38.2 Å². The van der Waals surface area contributed by atoms with Crippen LogP contribution in [0.15, 0.2) is 59.7 Å². The summed E-state index contributed by atoms with van der Waals surface area (Å²) in [6.45, 7) is 4.64. The zero-order chi connectivity index (χ0) is 17.9. The van der Waals surface area contributed by atoms with Crippen molar-refractivity contribution >= 4 is 29.9 Å². The molecule has 5 nitrogen and oxygen atoms in total. The van der Waals surface area contributed by atoms with Crippen molar-refractivity contribution in [2.24, 2.45) is 10.7 Å². The highest BCUT2D eigenvalue weighted by Crippen LogP contribution is 2.08. The van der Waals surface area contributed by atoms with Gasteiger partial charge in [0.1, 0.15) is 0 Å². The second-order valence-electron chi connectivity index (χ2n) is 6.30. The lowest BCUT2D eigenvalue weighted by Crippen LogP contribution is -2.34. The Kier molecular flexibility index (Phi) is 10.9. The highest BCUT2D eigenvalue weighted by atomic mass is 127. The third-order valence-electron chi connectivity index (χ3n) is 4.27. The number of nitrogens with two attached hydrogens (primary N) is 1. The summed E-state index contributed by atoms with van der Waals surface area (Å²) in [7, 11) is 2.15. The summed E-state index contributed by atoms with van der Waals surface area (Å²) in [5, 5.41) is 3.15. The predicted molar refractivity (Wildman–Crippen MR) is 120 cm³/mol. The molecule has 0 saturated heterocycles. The standard InChI is InChI=1S/C20H29N5.HI/c1-17(25(2)16-18-8-4-3-5-9-18)11-14-23-20(21)24-15-12-19-10-6-7-13-22-19;/h3-10,13,17H,11-12,14-16H2,1-2H3,(H3,21,23,24);1H. The molecule has 1 unspecified atom stereocenters. The monoisotopic (exact) mass is 467 g/mol. The molecule has 1 atom stereocenters. The van der Waals surface area contributed by atoms with Gasteiger partial charge in [-0.2, -0.15) is 0 Å². The number of guanidine groups is 1. The zero-order valence-electron chi connectivity index (χ0n) is 15.6. The lowest BCUT2D eigenvalue weighted by molar-refractivity contribution is 0.240. The molecule has 26 heavy (non-hydrogen) atoms. The highest BCUT2D eigenvalue weighted by molar-refractivity contribution is 14.0. The Morgan fingerprint density at radius 2 is 1.92 bits per heavy atom. The van der Waals surface area contributed by atoms with E-state index in [1.165, 1.54) is 5.56 Å². The van der Waals surface area contributed by atoms with E-state index < -0.39 is 0 Å². The molecule has 1 aromatic heterocycles. The first kappa shape index (κ1) is 22.4. The van der Waals surface area contributed by atoms with Crippen LogP contribution in [0.4, 0.5) is 0 Å². The first-order chi connectivity index (χ1) is 12.1. The number of aromatic nitrogens is 1. The highest BCUT2D eigenvalue weighted by Gasteiger charge is 2.09. The molecule has 0 fully saturated rings. The van der Waals surface area contributed by atoms with Gasteiger partial charge < -0.3 is 11.1 Å². The maximum atomic E-state index is 5.93. The van der Waals surface area contributed by atoms with Gasteiger partial charge in [-0.1, -0.05) is 36.4 Å². The molecule has 0 spiro atoms. The van der Waals surface area contributed by atoms with E-state index in [9.17, 15) is 0 Å². The van der Waals surface area contributed by atoms with E-state index in [1.807, 2.05) is 24.3 Å². The van der Waals surface area contributed by atoms with Crippen molar-refractivity contribution in [2.75, 3.05) is 20.1 Å². The van der Waals surface area contributed by atoms with Gasteiger partial charge in [0.15, 0.2) is 5.96 Å². The third-order valence-corrected chi connectivity index (χ3v) is 4.27. The van der Waals surface area contributed by atoms with Crippen LogP contribution in [0.1, 0.15) is 24.6 Å². The second-order valence-corrected chi connectivity index (χ2v) is 6.30. The Bertz CT molecular complexity index is 633. The second kappa shape index (κ2) is 12.6. The summed E-state index contributed by atoms with van der Waals surface area (Å²) < 4.78 is 0. The van der Waals surface area contributed by atoms with Crippen molar-refractivity contribution < 1.29 is 0 Å². The molecule has 0 aliphatic rings. The molecule has 0 radical (unpaired) electrons. The maximum Gasteiger partial charge on any atom is 0.188 e. The van der Waals surface area contributed by atoms with Crippen LogP contribution in [0.5, 0.6) is 0 Å². The summed E-state index contributed by atoms with van der Waals surface area (Å²) in [5.41, 5.74) is 8.31. The number of pyridine rings is 1. The molecule has 1 heterocycles. The van der Waals surface area contributed by atoms with Gasteiger partial charge in [0.25, 0.3) is 0 Å². The minimum Gasteiger partial charge on any atom is -0.370 e. The molecule has 3 N–H and O–H groups in total. The molecular formula is C20H30IN5. The molecule has 0 aliphatic heterocycles. The number of halogens is 1. The molecule has 6 heteroatoms. The van der Waals surface area contributed by atoms with Crippen LogP contribution in [-0.4, -0.2) is 42.0 Å². The number of hydrogen-bond acceptors (Lipinski definition) is 3. The van der Waals surface area contributed by atoms with E-state index in [0.29, 0.717) is 12.0 Å². The van der Waals surface area contributed by atoms with Crippen molar-refractivity contribution in [1.29, 1.82) is 0 Å². The first-order valence-corrected chi connectivity index (χ1v) is 8.83. The minimum atomic E-state index is 0. The van der Waals surface area contributed by atoms with Gasteiger partial charge >= 0.3 is 0 Å². The van der Waals surface area contributed by atoms with Crippen LogP contribution in [-0.2, 0) is 13.0 Å². The first-order valence-electron chi connectivity index (χ1n) is 8.83. The lowest BCUT2D eigenvalue weighted by Gasteiger charge is -2.24. The summed E-state index contributed by atoms with van der Waals surface area (Å²) >= 11 is 0. The Morgan fingerprint density at radius 1 is 1.19 bits per heavy atom. The zero-order valence-corrected chi connectivity index (χ0v) is 18.0. The van der Waals surface area contributed by atoms with Crippen LogP contribution in [0, 0.1) is 0 Å². The van der Waals surface area contributed by atoms with Crippen molar-refractivity contribution in [3.05, 3.63) is 66.0 Å². The van der Waals surface area contributed by atoms with Gasteiger partial charge in [0.2, 0.25) is 0 Å². The van der Waals surface area contributed by atoms with Gasteiger partial charge in [-0.05, 0) is 38.1 Å². The van der Waals surface area contributed by atoms with Crippen molar-refractivity contribution in [2.45, 2.75) is 32.4 Å². The Balaban J connectivity index is 0.00000338. The van der Waals surface area contributed by atoms with Crippen molar-refractivity contribution in [3.8, 4) is 0 Å².